The quantitative estimate of drug-likeness (QED) is 0.0234. The Hall–Kier alpha value is -2.33. The van der Waals surface area contributed by atoms with Crippen molar-refractivity contribution in [3.8, 4) is 0 Å². The molecule has 4 N–H and O–H groups in total. The number of allylic oxidation sites excluding steroid dienone is 10. The highest BCUT2D eigenvalue weighted by molar-refractivity contribution is 7.47. The Kier molecular flexibility index (Phi) is 40.1. The number of rotatable bonds is 42. The number of carboxylic acid groups (broad SMARTS) is 1. The van der Waals surface area contributed by atoms with Gasteiger partial charge in [-0.25, -0.2) is 4.57 Å². The molecule has 3 atom stereocenters. The topological polar surface area (TPSA) is 155 Å². The number of phosphoric acid groups is 1. The highest BCUT2D eigenvalue weighted by Gasteiger charge is 2.27. The number of aliphatic carboxylic acids is 1. The first kappa shape index (κ1) is 54.7. The summed E-state index contributed by atoms with van der Waals surface area (Å²) in [6.45, 7) is 3.78. The van der Waals surface area contributed by atoms with Crippen LogP contribution in [0.3, 0.4) is 0 Å². The van der Waals surface area contributed by atoms with E-state index in [0.717, 1.165) is 77.0 Å². The van der Waals surface area contributed by atoms with E-state index in [1.807, 2.05) is 0 Å². The minimum absolute atomic E-state index is 0.00201. The number of ether oxygens (including phenoxy) is 2. The summed E-state index contributed by atoms with van der Waals surface area (Å²) < 4.78 is 33.3. The van der Waals surface area contributed by atoms with Gasteiger partial charge in [-0.1, -0.05) is 152 Å². The van der Waals surface area contributed by atoms with Crippen molar-refractivity contribution in [3.63, 3.8) is 0 Å². The highest BCUT2D eigenvalue weighted by Crippen LogP contribution is 2.43. The maximum atomic E-state index is 12.6. The molecule has 0 aliphatic heterocycles. The second-order valence-corrected chi connectivity index (χ2v) is 16.3. The van der Waals surface area contributed by atoms with Crippen molar-refractivity contribution in [3.05, 3.63) is 60.8 Å². The monoisotopic (exact) mass is 824 g/mol. The van der Waals surface area contributed by atoms with Gasteiger partial charge in [-0.05, 0) is 83.5 Å². The molecule has 330 valence electrons. The lowest BCUT2D eigenvalue weighted by molar-refractivity contribution is -0.154. The second kappa shape index (κ2) is 41.8. The highest BCUT2D eigenvalue weighted by atomic mass is 31.2. The van der Waals surface area contributed by atoms with Crippen molar-refractivity contribution in [2.45, 2.75) is 193 Å². The molecule has 0 spiro atoms. The standard InChI is InChI=1S/C46H82NO9P/c1-3-5-7-9-11-13-15-17-19-20-21-22-23-25-27-29-31-33-35-37-39-53-40-43(41-54-57(51,52)55-42-44(47)46(49)50)56-45(48)38-36-34-32-30-28-26-24-18-16-14-12-10-8-6-4-2/h11-14,17-19,21-22,24,43-44H,3-10,15-16,20,23,25-42,47H2,1-2H3,(H,49,50)(H,51,52)/b13-11-,14-12-,19-17-,22-21-,24-18-. The van der Waals surface area contributed by atoms with E-state index in [0.29, 0.717) is 13.0 Å². The van der Waals surface area contributed by atoms with Crippen molar-refractivity contribution in [1.29, 1.82) is 0 Å². The van der Waals surface area contributed by atoms with Crippen molar-refractivity contribution in [1.82, 2.24) is 0 Å². The Morgan fingerprint density at radius 2 is 0.965 bits per heavy atom. The lowest BCUT2D eigenvalue weighted by Crippen LogP contribution is -2.34. The second-order valence-electron chi connectivity index (χ2n) is 14.8. The number of hydrogen-bond acceptors (Lipinski definition) is 8. The Balaban J connectivity index is 4.27. The van der Waals surface area contributed by atoms with Crippen LogP contribution in [0.1, 0.15) is 181 Å². The fourth-order valence-corrected chi connectivity index (χ4v) is 6.54. The molecular formula is C46H82NO9P. The van der Waals surface area contributed by atoms with Gasteiger partial charge in [0.05, 0.1) is 19.8 Å². The minimum Gasteiger partial charge on any atom is -0.480 e. The summed E-state index contributed by atoms with van der Waals surface area (Å²) in [7, 11) is -4.63. The first-order chi connectivity index (χ1) is 27.7. The summed E-state index contributed by atoms with van der Waals surface area (Å²) in [4.78, 5) is 33.5. The van der Waals surface area contributed by atoms with Crippen LogP contribution in [0.25, 0.3) is 0 Å². The molecule has 0 fully saturated rings. The van der Waals surface area contributed by atoms with E-state index in [1.54, 1.807) is 0 Å². The van der Waals surface area contributed by atoms with Crippen molar-refractivity contribution in [2.24, 2.45) is 5.73 Å². The lowest BCUT2D eigenvalue weighted by Gasteiger charge is -2.20. The van der Waals surface area contributed by atoms with Gasteiger partial charge in [0.15, 0.2) is 0 Å². The predicted octanol–water partition coefficient (Wildman–Crippen LogP) is 12.4. The third kappa shape index (κ3) is 41.6. The van der Waals surface area contributed by atoms with Crippen molar-refractivity contribution in [2.75, 3.05) is 26.4 Å². The van der Waals surface area contributed by atoms with E-state index >= 15 is 0 Å². The summed E-state index contributed by atoms with van der Waals surface area (Å²) in [5, 5.41) is 8.90. The molecular weight excluding hydrogens is 741 g/mol. The number of carbonyl (C=O) groups is 2. The third-order valence-corrected chi connectivity index (χ3v) is 10.2. The van der Waals surface area contributed by atoms with Crippen LogP contribution >= 0.6 is 7.82 Å². The number of unbranched alkanes of at least 4 members (excludes halogenated alkanes) is 18. The third-order valence-electron chi connectivity index (χ3n) is 9.27. The van der Waals surface area contributed by atoms with Crippen LogP contribution in [0.15, 0.2) is 60.8 Å². The molecule has 0 aromatic rings. The van der Waals surface area contributed by atoms with Gasteiger partial charge >= 0.3 is 19.8 Å². The van der Waals surface area contributed by atoms with Crippen LogP contribution in [0.4, 0.5) is 0 Å². The van der Waals surface area contributed by atoms with Crippen molar-refractivity contribution < 1.29 is 42.7 Å². The molecule has 0 aliphatic rings. The SMILES string of the molecule is CCCCC/C=C\C/C=C\C/C=C\CCCCCCCCCOCC(COP(=O)(O)OCC(N)C(=O)O)OC(=O)CCCCCCC/C=C\C/C=C\CCCCC. The van der Waals surface area contributed by atoms with E-state index in [-0.39, 0.29) is 13.0 Å². The molecule has 0 aliphatic carbocycles. The Morgan fingerprint density at radius 1 is 0.561 bits per heavy atom. The maximum Gasteiger partial charge on any atom is 0.472 e. The molecule has 10 nitrogen and oxygen atoms in total. The molecule has 0 saturated carbocycles. The average Bonchev–Trinajstić information content (AvgIpc) is 3.19. The molecule has 0 amide bonds. The fourth-order valence-electron chi connectivity index (χ4n) is 5.76. The minimum atomic E-state index is -4.63. The van der Waals surface area contributed by atoms with Crippen molar-refractivity contribution >= 4 is 19.8 Å². The zero-order valence-corrected chi connectivity index (χ0v) is 36.8. The Bertz CT molecular complexity index is 1140. The summed E-state index contributed by atoms with van der Waals surface area (Å²) in [5.41, 5.74) is 5.35. The molecule has 0 bridgehead atoms. The average molecular weight is 824 g/mol. The van der Waals surface area contributed by atoms with Gasteiger partial charge in [-0.15, -0.1) is 0 Å². The van der Waals surface area contributed by atoms with Gasteiger partial charge in [0.1, 0.15) is 12.1 Å². The summed E-state index contributed by atoms with van der Waals surface area (Å²) in [5.74, 6) is -1.80. The van der Waals surface area contributed by atoms with Gasteiger partial charge in [0.25, 0.3) is 0 Å². The van der Waals surface area contributed by atoms with E-state index in [4.69, 9.17) is 29.4 Å². The normalized spacial score (nSPS) is 14.5. The maximum absolute atomic E-state index is 12.6. The zero-order chi connectivity index (χ0) is 41.9. The van der Waals surface area contributed by atoms with Gasteiger partial charge < -0.3 is 25.2 Å². The van der Waals surface area contributed by atoms with Crippen LogP contribution in [-0.4, -0.2) is 60.5 Å². The van der Waals surface area contributed by atoms with E-state index in [2.05, 4.69) is 74.6 Å². The van der Waals surface area contributed by atoms with E-state index in [1.165, 1.54) is 77.0 Å². The van der Waals surface area contributed by atoms with Gasteiger partial charge in [-0.2, -0.15) is 0 Å². The van der Waals surface area contributed by atoms with Crippen LogP contribution in [0, 0.1) is 0 Å². The number of carbonyl (C=O) groups excluding carboxylic acids is 1. The van der Waals surface area contributed by atoms with E-state index < -0.39 is 45.1 Å². The number of carboxylic acids is 1. The van der Waals surface area contributed by atoms with Crippen LogP contribution in [-0.2, 0) is 32.7 Å². The zero-order valence-electron chi connectivity index (χ0n) is 35.9. The van der Waals surface area contributed by atoms with Crippen LogP contribution in [0.5, 0.6) is 0 Å². The molecule has 0 aromatic carbocycles. The Morgan fingerprint density at radius 3 is 1.44 bits per heavy atom. The summed E-state index contributed by atoms with van der Waals surface area (Å²) >= 11 is 0. The molecule has 57 heavy (non-hydrogen) atoms. The molecule has 0 aromatic heterocycles. The number of phosphoric ester groups is 1. The predicted molar refractivity (Wildman–Crippen MR) is 235 cm³/mol. The largest absolute Gasteiger partial charge is 0.480 e. The Labute approximate surface area is 347 Å². The van der Waals surface area contributed by atoms with Crippen LogP contribution < -0.4 is 5.73 Å². The first-order valence-electron chi connectivity index (χ1n) is 22.3. The summed E-state index contributed by atoms with van der Waals surface area (Å²) in [6.07, 6.45) is 49.8. The van der Waals surface area contributed by atoms with Gasteiger partial charge in [-0.3, -0.25) is 18.6 Å². The number of esters is 1. The molecule has 0 rings (SSSR count). The summed E-state index contributed by atoms with van der Waals surface area (Å²) in [6, 6.07) is -1.48. The fraction of sp³-hybridized carbons (Fsp3) is 0.739. The molecule has 0 heterocycles. The first-order valence-corrected chi connectivity index (χ1v) is 23.8. The number of hydrogen-bond donors (Lipinski definition) is 3. The van der Waals surface area contributed by atoms with E-state index in [9.17, 15) is 19.0 Å². The lowest BCUT2D eigenvalue weighted by atomic mass is 10.1. The van der Waals surface area contributed by atoms with Crippen LogP contribution in [0.2, 0.25) is 0 Å². The smallest absolute Gasteiger partial charge is 0.472 e. The van der Waals surface area contributed by atoms with Gasteiger partial charge in [0.2, 0.25) is 0 Å². The molecule has 0 saturated heterocycles. The molecule has 3 unspecified atom stereocenters. The van der Waals surface area contributed by atoms with Gasteiger partial charge in [0, 0.05) is 13.0 Å². The number of nitrogens with two attached hydrogens (primary N) is 1. The molecule has 0 radical (unpaired) electrons. The molecule has 11 heteroatoms.